The van der Waals surface area contributed by atoms with Gasteiger partial charge in [-0.05, 0) is 19.4 Å². The van der Waals surface area contributed by atoms with Crippen molar-refractivity contribution in [2.45, 2.75) is 25.9 Å². The molecule has 0 bridgehead atoms. The zero-order chi connectivity index (χ0) is 10.8. The van der Waals surface area contributed by atoms with Gasteiger partial charge in [-0.15, -0.1) is 0 Å². The van der Waals surface area contributed by atoms with Crippen molar-refractivity contribution in [1.29, 1.82) is 0 Å². The van der Waals surface area contributed by atoms with Gasteiger partial charge in [0.15, 0.2) is 5.78 Å². The van der Waals surface area contributed by atoms with Crippen LogP contribution in [0.5, 0.6) is 0 Å². The number of carbonyl (C=O) groups is 2. The van der Waals surface area contributed by atoms with E-state index in [1.807, 2.05) is 0 Å². The molecule has 78 valence electrons. The Kier molecular flexibility index (Phi) is 3.06. The second-order valence-electron chi connectivity index (χ2n) is 3.32. The van der Waals surface area contributed by atoms with E-state index in [4.69, 9.17) is 9.47 Å². The summed E-state index contributed by atoms with van der Waals surface area (Å²) in [7, 11) is 0. The van der Waals surface area contributed by atoms with Crippen LogP contribution in [0.15, 0.2) is 12.2 Å². The average Bonchev–Trinajstić information content (AvgIpc) is 2.49. The van der Waals surface area contributed by atoms with Crippen LogP contribution in [0.4, 0.5) is 0 Å². The summed E-state index contributed by atoms with van der Waals surface area (Å²) in [5.41, 5.74) is -0.680. The summed E-state index contributed by atoms with van der Waals surface area (Å²) in [4.78, 5) is 22.9. The molecule has 0 aromatic rings. The third-order valence-corrected chi connectivity index (χ3v) is 2.20. The van der Waals surface area contributed by atoms with Gasteiger partial charge in [0.25, 0.3) is 0 Å². The zero-order valence-electron chi connectivity index (χ0n) is 8.46. The maximum atomic E-state index is 11.5. The molecular formula is C10H14O4. The topological polar surface area (TPSA) is 52.6 Å². The summed E-state index contributed by atoms with van der Waals surface area (Å²) < 4.78 is 10.0. The van der Waals surface area contributed by atoms with E-state index in [9.17, 15) is 9.59 Å². The lowest BCUT2D eigenvalue weighted by Gasteiger charge is -2.21. The molecule has 0 radical (unpaired) electrons. The fourth-order valence-corrected chi connectivity index (χ4v) is 1.43. The number of ether oxygens (including phenoxy) is 2. The fraction of sp³-hybridized carbons (Fsp3) is 0.600. The van der Waals surface area contributed by atoms with Crippen LogP contribution >= 0.6 is 0 Å². The predicted octanol–water partition coefficient (Wildman–Crippen LogP) is 0.854. The van der Waals surface area contributed by atoms with E-state index < -0.39 is 11.6 Å². The molecule has 1 saturated heterocycles. The van der Waals surface area contributed by atoms with Crippen molar-refractivity contribution in [3.63, 3.8) is 0 Å². The molecule has 0 amide bonds. The molecule has 4 heteroatoms. The molecule has 1 aliphatic rings. The zero-order valence-corrected chi connectivity index (χ0v) is 8.46. The number of rotatable bonds is 3. The van der Waals surface area contributed by atoms with Crippen molar-refractivity contribution in [2.24, 2.45) is 0 Å². The summed E-state index contributed by atoms with van der Waals surface area (Å²) in [5.74, 6) is -0.930. The van der Waals surface area contributed by atoms with E-state index in [1.165, 1.54) is 6.92 Å². The fourth-order valence-electron chi connectivity index (χ4n) is 1.43. The lowest BCUT2D eigenvalue weighted by atomic mass is 9.94. The van der Waals surface area contributed by atoms with E-state index in [2.05, 4.69) is 6.58 Å². The molecule has 0 aliphatic carbocycles. The van der Waals surface area contributed by atoms with Crippen LogP contribution in [-0.2, 0) is 19.1 Å². The van der Waals surface area contributed by atoms with Gasteiger partial charge in [0.2, 0.25) is 5.60 Å². The van der Waals surface area contributed by atoms with Crippen LogP contribution in [0.3, 0.4) is 0 Å². The van der Waals surface area contributed by atoms with E-state index in [1.54, 1.807) is 6.92 Å². The van der Waals surface area contributed by atoms with Gasteiger partial charge in [-0.2, -0.15) is 0 Å². The molecule has 1 atom stereocenters. The number of hydrogen-bond donors (Lipinski definition) is 0. The maximum Gasteiger partial charge on any atom is 0.346 e. The average molecular weight is 198 g/mol. The van der Waals surface area contributed by atoms with Crippen molar-refractivity contribution in [3.8, 4) is 0 Å². The van der Waals surface area contributed by atoms with Crippen LogP contribution in [0.2, 0.25) is 0 Å². The molecule has 1 unspecified atom stereocenters. The standard InChI is InChI=1S/C10H14O4/c1-4-13-9(12)10(8(3)11)5-7(2)6-14-10/h2,4-6H2,1,3H3. The summed E-state index contributed by atoms with van der Waals surface area (Å²) in [6.07, 6.45) is 0.237. The summed E-state index contributed by atoms with van der Waals surface area (Å²) in [5, 5.41) is 0. The second kappa shape index (κ2) is 3.92. The Morgan fingerprint density at radius 2 is 2.29 bits per heavy atom. The summed E-state index contributed by atoms with van der Waals surface area (Å²) in [6, 6.07) is 0. The molecule has 0 N–H and O–H groups in total. The molecule has 1 heterocycles. The molecule has 0 aromatic carbocycles. The highest BCUT2D eigenvalue weighted by atomic mass is 16.6. The van der Waals surface area contributed by atoms with Crippen LogP contribution in [0.25, 0.3) is 0 Å². The summed E-state index contributed by atoms with van der Waals surface area (Å²) >= 11 is 0. The SMILES string of the molecule is C=C1COC(C(C)=O)(C(=O)OCC)C1. The minimum atomic E-state index is -1.42. The van der Waals surface area contributed by atoms with Crippen LogP contribution in [-0.4, -0.2) is 30.6 Å². The Balaban J connectivity index is 2.88. The Labute approximate surface area is 82.9 Å². The van der Waals surface area contributed by atoms with Gasteiger partial charge in [0.05, 0.1) is 13.2 Å². The normalized spacial score (nSPS) is 26.3. The monoisotopic (exact) mass is 198 g/mol. The van der Waals surface area contributed by atoms with Crippen molar-refractivity contribution in [1.82, 2.24) is 0 Å². The highest BCUT2D eigenvalue weighted by Crippen LogP contribution is 2.30. The number of esters is 1. The molecule has 1 aliphatic heterocycles. The van der Waals surface area contributed by atoms with Gasteiger partial charge in [0.1, 0.15) is 0 Å². The molecule has 4 nitrogen and oxygen atoms in total. The van der Waals surface area contributed by atoms with E-state index in [0.29, 0.717) is 0 Å². The van der Waals surface area contributed by atoms with Crippen LogP contribution in [0, 0.1) is 0 Å². The third kappa shape index (κ3) is 1.70. The maximum absolute atomic E-state index is 11.5. The number of ketones is 1. The Bertz CT molecular complexity index is 282. The van der Waals surface area contributed by atoms with Gasteiger partial charge in [-0.1, -0.05) is 6.58 Å². The first-order chi connectivity index (χ1) is 6.53. The first-order valence-corrected chi connectivity index (χ1v) is 4.52. The lowest BCUT2D eigenvalue weighted by Crippen LogP contribution is -2.46. The molecule has 0 spiro atoms. The highest BCUT2D eigenvalue weighted by molar-refractivity contribution is 6.07. The Hall–Kier alpha value is -1.16. The minimum Gasteiger partial charge on any atom is -0.463 e. The van der Waals surface area contributed by atoms with E-state index in [0.717, 1.165) is 5.57 Å². The molecule has 1 fully saturated rings. The number of hydrogen-bond acceptors (Lipinski definition) is 4. The molecule has 0 aromatic heterocycles. The summed E-state index contributed by atoms with van der Waals surface area (Å²) in [6.45, 7) is 7.20. The molecule has 1 rings (SSSR count). The van der Waals surface area contributed by atoms with Crippen molar-refractivity contribution >= 4 is 11.8 Å². The van der Waals surface area contributed by atoms with Gasteiger partial charge < -0.3 is 9.47 Å². The second-order valence-corrected chi connectivity index (χ2v) is 3.32. The van der Waals surface area contributed by atoms with Crippen LogP contribution < -0.4 is 0 Å². The molecular weight excluding hydrogens is 184 g/mol. The predicted molar refractivity (Wildman–Crippen MR) is 49.8 cm³/mol. The van der Waals surface area contributed by atoms with Crippen LogP contribution in [0.1, 0.15) is 20.3 Å². The van der Waals surface area contributed by atoms with Crippen molar-refractivity contribution < 1.29 is 19.1 Å². The van der Waals surface area contributed by atoms with Gasteiger partial charge in [0, 0.05) is 6.42 Å². The number of Topliss-reactive ketones (excluding diaryl/α,β-unsaturated/α-hetero) is 1. The molecule has 14 heavy (non-hydrogen) atoms. The largest absolute Gasteiger partial charge is 0.463 e. The Morgan fingerprint density at radius 1 is 1.64 bits per heavy atom. The van der Waals surface area contributed by atoms with E-state index >= 15 is 0 Å². The highest BCUT2D eigenvalue weighted by Gasteiger charge is 2.50. The number of carbonyl (C=O) groups excluding carboxylic acids is 2. The van der Waals surface area contributed by atoms with Crippen molar-refractivity contribution in [2.75, 3.05) is 13.2 Å². The molecule has 0 saturated carbocycles. The third-order valence-electron chi connectivity index (χ3n) is 2.20. The van der Waals surface area contributed by atoms with Crippen molar-refractivity contribution in [3.05, 3.63) is 12.2 Å². The first kappa shape index (κ1) is 10.9. The minimum absolute atomic E-state index is 0.237. The lowest BCUT2D eigenvalue weighted by molar-refractivity contribution is -0.170. The van der Waals surface area contributed by atoms with Gasteiger partial charge in [-0.3, -0.25) is 4.79 Å². The Morgan fingerprint density at radius 3 is 2.64 bits per heavy atom. The van der Waals surface area contributed by atoms with E-state index in [-0.39, 0.29) is 25.4 Å². The van der Waals surface area contributed by atoms with Gasteiger partial charge >= 0.3 is 5.97 Å². The smallest absolute Gasteiger partial charge is 0.346 e. The first-order valence-electron chi connectivity index (χ1n) is 4.52. The quantitative estimate of drug-likeness (QED) is 0.383. The van der Waals surface area contributed by atoms with Gasteiger partial charge in [-0.25, -0.2) is 4.79 Å².